The molecule has 1 heterocycles. The zero-order valence-corrected chi connectivity index (χ0v) is 14.3. The first-order valence-corrected chi connectivity index (χ1v) is 8.82. The average molecular weight is 323 g/mol. The summed E-state index contributed by atoms with van der Waals surface area (Å²) in [7, 11) is 0. The fraction of sp³-hybridized carbons (Fsp3) is 0.500. The molecule has 4 nitrogen and oxygen atoms in total. The minimum Gasteiger partial charge on any atom is -0.376 e. The number of hydrogen-bond donors (Lipinski definition) is 2. The van der Waals surface area contributed by atoms with E-state index >= 15 is 0 Å². The SMILES string of the molecule is CC(=N)/C(=N\NCC1CCCCO1)c1ccc(C#CC2CC2)cc1. The van der Waals surface area contributed by atoms with Gasteiger partial charge in [0.05, 0.1) is 18.4 Å². The summed E-state index contributed by atoms with van der Waals surface area (Å²) >= 11 is 0. The van der Waals surface area contributed by atoms with Gasteiger partial charge < -0.3 is 15.6 Å². The van der Waals surface area contributed by atoms with Crippen molar-refractivity contribution in [3.8, 4) is 11.8 Å². The molecular weight excluding hydrogens is 298 g/mol. The summed E-state index contributed by atoms with van der Waals surface area (Å²) in [5, 5.41) is 12.4. The van der Waals surface area contributed by atoms with Crippen LogP contribution in [0.3, 0.4) is 0 Å². The third kappa shape index (κ3) is 4.94. The Morgan fingerprint density at radius 2 is 2.04 bits per heavy atom. The van der Waals surface area contributed by atoms with E-state index in [1.54, 1.807) is 6.92 Å². The molecule has 0 bridgehead atoms. The van der Waals surface area contributed by atoms with Crippen molar-refractivity contribution in [1.82, 2.24) is 5.43 Å². The van der Waals surface area contributed by atoms with Gasteiger partial charge in [-0.25, -0.2) is 0 Å². The van der Waals surface area contributed by atoms with Crippen LogP contribution in [-0.2, 0) is 4.74 Å². The van der Waals surface area contributed by atoms with Crippen LogP contribution in [0.1, 0.15) is 50.2 Å². The average Bonchev–Trinajstić information content (AvgIpc) is 3.43. The molecule has 1 aliphatic heterocycles. The van der Waals surface area contributed by atoms with Gasteiger partial charge in [0.15, 0.2) is 0 Å². The summed E-state index contributed by atoms with van der Waals surface area (Å²) in [6.07, 6.45) is 6.16. The predicted octanol–water partition coefficient (Wildman–Crippen LogP) is 3.35. The van der Waals surface area contributed by atoms with Crippen LogP contribution in [0.5, 0.6) is 0 Å². The molecule has 4 heteroatoms. The van der Waals surface area contributed by atoms with E-state index in [2.05, 4.69) is 22.4 Å². The maximum atomic E-state index is 7.98. The lowest BCUT2D eigenvalue weighted by Gasteiger charge is -2.22. The lowest BCUT2D eigenvalue weighted by atomic mass is 10.0. The Labute approximate surface area is 144 Å². The van der Waals surface area contributed by atoms with Crippen LogP contribution in [-0.4, -0.2) is 30.7 Å². The Morgan fingerprint density at radius 3 is 2.67 bits per heavy atom. The lowest BCUT2D eigenvalue weighted by Crippen LogP contribution is -2.30. The second kappa shape index (κ2) is 8.12. The fourth-order valence-corrected chi connectivity index (χ4v) is 2.68. The summed E-state index contributed by atoms with van der Waals surface area (Å²) in [5.74, 6) is 7.09. The Kier molecular flexibility index (Phi) is 5.66. The fourth-order valence-electron chi connectivity index (χ4n) is 2.68. The predicted molar refractivity (Wildman–Crippen MR) is 97.6 cm³/mol. The summed E-state index contributed by atoms with van der Waals surface area (Å²) in [6.45, 7) is 3.30. The Morgan fingerprint density at radius 1 is 1.25 bits per heavy atom. The van der Waals surface area contributed by atoms with Gasteiger partial charge >= 0.3 is 0 Å². The monoisotopic (exact) mass is 323 g/mol. The molecule has 1 unspecified atom stereocenters. The van der Waals surface area contributed by atoms with E-state index in [9.17, 15) is 0 Å². The summed E-state index contributed by atoms with van der Waals surface area (Å²) in [6, 6.07) is 8.00. The van der Waals surface area contributed by atoms with Gasteiger partial charge in [-0.05, 0) is 51.2 Å². The number of rotatable bonds is 5. The first kappa shape index (κ1) is 16.7. The van der Waals surface area contributed by atoms with Gasteiger partial charge in [-0.3, -0.25) is 0 Å². The lowest BCUT2D eigenvalue weighted by molar-refractivity contribution is 0.0172. The molecule has 0 amide bonds. The standard InChI is InChI=1S/C20H25N3O/c1-15(21)20(23-22-14-19-4-2-3-13-24-19)18-11-9-17(10-12-18)8-7-16-5-6-16/h9-12,16,19,21-22H,2-6,13-14H2,1H3/b21-15?,23-20+. The maximum Gasteiger partial charge on any atom is 0.111 e. The Bertz CT molecular complexity index is 656. The van der Waals surface area contributed by atoms with Crippen LogP contribution in [0.2, 0.25) is 0 Å². The third-order valence-corrected chi connectivity index (χ3v) is 4.30. The highest BCUT2D eigenvalue weighted by Gasteiger charge is 2.17. The van der Waals surface area contributed by atoms with Gasteiger partial charge in [0.25, 0.3) is 0 Å². The Balaban J connectivity index is 1.62. The Hall–Kier alpha value is -2.12. The smallest absolute Gasteiger partial charge is 0.111 e. The van der Waals surface area contributed by atoms with Crippen LogP contribution >= 0.6 is 0 Å². The topological polar surface area (TPSA) is 57.5 Å². The molecule has 1 aromatic carbocycles. The van der Waals surface area contributed by atoms with Crippen molar-refractivity contribution in [1.29, 1.82) is 5.41 Å². The van der Waals surface area contributed by atoms with E-state index in [0.29, 0.717) is 23.9 Å². The zero-order chi connectivity index (χ0) is 16.8. The molecule has 24 heavy (non-hydrogen) atoms. The quantitative estimate of drug-likeness (QED) is 0.496. The molecule has 1 saturated heterocycles. The highest BCUT2D eigenvalue weighted by Crippen LogP contribution is 2.27. The number of nitrogens with zero attached hydrogens (tertiary/aromatic N) is 1. The van der Waals surface area contributed by atoms with Crippen molar-refractivity contribution in [3.63, 3.8) is 0 Å². The number of benzene rings is 1. The molecule has 126 valence electrons. The molecule has 1 atom stereocenters. The van der Waals surface area contributed by atoms with E-state index in [0.717, 1.165) is 30.6 Å². The molecule has 2 aliphatic rings. The van der Waals surface area contributed by atoms with Gasteiger partial charge in [-0.15, -0.1) is 0 Å². The second-order valence-electron chi connectivity index (χ2n) is 6.56. The van der Waals surface area contributed by atoms with Gasteiger partial charge in [0.1, 0.15) is 5.71 Å². The number of hydrogen-bond acceptors (Lipinski definition) is 4. The third-order valence-electron chi connectivity index (χ3n) is 4.30. The zero-order valence-electron chi connectivity index (χ0n) is 14.3. The van der Waals surface area contributed by atoms with Crippen LogP contribution < -0.4 is 5.43 Å². The van der Waals surface area contributed by atoms with E-state index in [1.807, 2.05) is 24.3 Å². The molecule has 2 N–H and O–H groups in total. The van der Waals surface area contributed by atoms with E-state index < -0.39 is 0 Å². The van der Waals surface area contributed by atoms with Crippen molar-refractivity contribution in [2.45, 2.75) is 45.1 Å². The number of hydrazone groups is 1. The first-order valence-electron chi connectivity index (χ1n) is 8.82. The largest absolute Gasteiger partial charge is 0.376 e. The highest BCUT2D eigenvalue weighted by atomic mass is 16.5. The summed E-state index contributed by atoms with van der Waals surface area (Å²) in [4.78, 5) is 0. The van der Waals surface area contributed by atoms with Gasteiger partial charge in [-0.1, -0.05) is 24.0 Å². The number of ether oxygens (including phenoxy) is 1. The molecule has 0 aromatic heterocycles. The van der Waals surface area contributed by atoms with Crippen LogP contribution in [0, 0.1) is 23.2 Å². The maximum absolute atomic E-state index is 7.98. The van der Waals surface area contributed by atoms with Crippen molar-refractivity contribution >= 4 is 11.4 Å². The number of nitrogens with one attached hydrogen (secondary N) is 2. The van der Waals surface area contributed by atoms with Crippen molar-refractivity contribution < 1.29 is 4.74 Å². The minimum absolute atomic E-state index is 0.231. The van der Waals surface area contributed by atoms with Crippen LogP contribution in [0.15, 0.2) is 29.4 Å². The first-order chi connectivity index (χ1) is 11.7. The van der Waals surface area contributed by atoms with Crippen LogP contribution in [0.4, 0.5) is 0 Å². The minimum atomic E-state index is 0.231. The highest BCUT2D eigenvalue weighted by molar-refractivity contribution is 6.46. The van der Waals surface area contributed by atoms with Crippen molar-refractivity contribution in [3.05, 3.63) is 35.4 Å². The summed E-state index contributed by atoms with van der Waals surface area (Å²) in [5.41, 5.74) is 6.18. The molecule has 1 saturated carbocycles. The van der Waals surface area contributed by atoms with Gasteiger partial charge in [-0.2, -0.15) is 5.10 Å². The summed E-state index contributed by atoms with van der Waals surface area (Å²) < 4.78 is 5.69. The van der Waals surface area contributed by atoms with E-state index in [-0.39, 0.29) is 6.10 Å². The van der Waals surface area contributed by atoms with Crippen LogP contribution in [0.25, 0.3) is 0 Å². The second-order valence-corrected chi connectivity index (χ2v) is 6.56. The van der Waals surface area contributed by atoms with Gasteiger partial charge in [0.2, 0.25) is 0 Å². The molecule has 0 spiro atoms. The molecule has 1 aromatic rings. The normalized spacial score (nSPS) is 20.9. The molecule has 3 rings (SSSR count). The van der Waals surface area contributed by atoms with Crippen molar-refractivity contribution in [2.24, 2.45) is 11.0 Å². The van der Waals surface area contributed by atoms with Crippen molar-refractivity contribution in [2.75, 3.05) is 13.2 Å². The molecular formula is C20H25N3O. The van der Waals surface area contributed by atoms with E-state index in [4.69, 9.17) is 10.1 Å². The van der Waals surface area contributed by atoms with E-state index in [1.165, 1.54) is 19.3 Å². The molecule has 1 aliphatic carbocycles. The van der Waals surface area contributed by atoms with Gasteiger partial charge in [0, 0.05) is 23.7 Å². The molecule has 0 radical (unpaired) electrons. The molecule has 2 fully saturated rings.